The molecule has 0 bridgehead atoms. The summed E-state index contributed by atoms with van der Waals surface area (Å²) in [6, 6.07) is 14.0. The van der Waals surface area contributed by atoms with Crippen molar-refractivity contribution in [3.05, 3.63) is 48.0 Å². The minimum absolute atomic E-state index is 0.136. The Hall–Kier alpha value is -2.08. The van der Waals surface area contributed by atoms with E-state index in [1.165, 1.54) is 0 Å². The molecule has 0 spiro atoms. The van der Waals surface area contributed by atoms with Crippen LogP contribution in [0.5, 0.6) is 11.5 Å². The van der Waals surface area contributed by atoms with Gasteiger partial charge in [-0.2, -0.15) is 0 Å². The molecule has 2 aromatic carbocycles. The monoisotopic (exact) mass is 332 g/mol. The third-order valence-electron chi connectivity index (χ3n) is 3.50. The standard InChI is InChI=1S/C19H24O5/c1-20-12-11-16-9-10-17(23-13-21-2)19(24-14-22-3)18(16)15-7-5-4-6-8-15/h4-10H,11-14H2,1-3H3. The van der Waals surface area contributed by atoms with Crippen molar-refractivity contribution in [3.63, 3.8) is 0 Å². The first kappa shape index (κ1) is 18.3. The van der Waals surface area contributed by atoms with E-state index in [-0.39, 0.29) is 13.6 Å². The molecule has 0 aliphatic heterocycles. The molecule has 0 amide bonds. The highest BCUT2D eigenvalue weighted by Gasteiger charge is 2.18. The van der Waals surface area contributed by atoms with Crippen LogP contribution in [0.4, 0.5) is 0 Å². The van der Waals surface area contributed by atoms with Gasteiger partial charge in [-0.25, -0.2) is 0 Å². The highest BCUT2D eigenvalue weighted by Crippen LogP contribution is 2.41. The molecule has 0 radical (unpaired) electrons. The van der Waals surface area contributed by atoms with Crippen LogP contribution in [0.2, 0.25) is 0 Å². The average Bonchev–Trinajstić information content (AvgIpc) is 2.63. The van der Waals surface area contributed by atoms with Crippen molar-refractivity contribution in [2.45, 2.75) is 6.42 Å². The van der Waals surface area contributed by atoms with Crippen molar-refractivity contribution in [2.75, 3.05) is 41.5 Å². The molecule has 2 aromatic rings. The third kappa shape index (κ3) is 4.71. The maximum Gasteiger partial charge on any atom is 0.188 e. The largest absolute Gasteiger partial charge is 0.464 e. The molecule has 24 heavy (non-hydrogen) atoms. The van der Waals surface area contributed by atoms with Gasteiger partial charge in [-0.15, -0.1) is 0 Å². The maximum absolute atomic E-state index is 5.85. The molecule has 5 heteroatoms. The minimum Gasteiger partial charge on any atom is -0.464 e. The molecule has 130 valence electrons. The van der Waals surface area contributed by atoms with Gasteiger partial charge in [-0.05, 0) is 23.6 Å². The van der Waals surface area contributed by atoms with E-state index in [0.29, 0.717) is 18.1 Å². The first-order chi connectivity index (χ1) is 11.8. The van der Waals surface area contributed by atoms with Gasteiger partial charge >= 0.3 is 0 Å². The molecule has 2 rings (SSSR count). The first-order valence-corrected chi connectivity index (χ1v) is 7.75. The summed E-state index contributed by atoms with van der Waals surface area (Å²) >= 11 is 0. The van der Waals surface area contributed by atoms with Gasteiger partial charge in [0.05, 0.1) is 6.61 Å². The van der Waals surface area contributed by atoms with E-state index in [9.17, 15) is 0 Å². The number of hydrogen-bond acceptors (Lipinski definition) is 5. The molecule has 5 nitrogen and oxygen atoms in total. The Morgan fingerprint density at radius 2 is 1.46 bits per heavy atom. The highest BCUT2D eigenvalue weighted by atomic mass is 16.7. The number of ether oxygens (including phenoxy) is 5. The molecule has 0 unspecified atom stereocenters. The quantitative estimate of drug-likeness (QED) is 0.623. The van der Waals surface area contributed by atoms with Gasteiger partial charge in [0.2, 0.25) is 0 Å². The molecular formula is C19H24O5. The van der Waals surface area contributed by atoms with E-state index in [4.69, 9.17) is 23.7 Å². The van der Waals surface area contributed by atoms with Gasteiger partial charge in [0.1, 0.15) is 0 Å². The molecule has 0 aliphatic rings. The van der Waals surface area contributed by atoms with Gasteiger partial charge in [0.15, 0.2) is 25.1 Å². The average molecular weight is 332 g/mol. The van der Waals surface area contributed by atoms with Gasteiger partial charge in [-0.1, -0.05) is 36.4 Å². The normalized spacial score (nSPS) is 10.6. The topological polar surface area (TPSA) is 46.2 Å². The van der Waals surface area contributed by atoms with Crippen LogP contribution in [0.1, 0.15) is 5.56 Å². The molecule has 0 aromatic heterocycles. The summed E-state index contributed by atoms with van der Waals surface area (Å²) in [5, 5.41) is 0. The zero-order valence-corrected chi connectivity index (χ0v) is 14.4. The fraction of sp³-hybridized carbons (Fsp3) is 0.368. The Balaban J connectivity index is 2.52. The van der Waals surface area contributed by atoms with Crippen molar-refractivity contribution in [1.82, 2.24) is 0 Å². The summed E-state index contributed by atoms with van der Waals surface area (Å²) in [5.74, 6) is 1.27. The van der Waals surface area contributed by atoms with Crippen molar-refractivity contribution >= 4 is 0 Å². The van der Waals surface area contributed by atoms with Gasteiger partial charge in [0, 0.05) is 26.9 Å². The fourth-order valence-corrected chi connectivity index (χ4v) is 2.44. The second kappa shape index (κ2) is 9.93. The second-order valence-corrected chi connectivity index (χ2v) is 5.14. The summed E-state index contributed by atoms with van der Waals surface area (Å²) < 4.78 is 26.9. The fourth-order valence-electron chi connectivity index (χ4n) is 2.44. The summed E-state index contributed by atoms with van der Waals surface area (Å²) in [7, 11) is 4.87. The molecule has 0 saturated heterocycles. The van der Waals surface area contributed by atoms with Crippen LogP contribution >= 0.6 is 0 Å². The number of rotatable bonds is 10. The zero-order valence-electron chi connectivity index (χ0n) is 14.4. The van der Waals surface area contributed by atoms with E-state index in [0.717, 1.165) is 23.1 Å². The summed E-state index contributed by atoms with van der Waals surface area (Å²) in [6.07, 6.45) is 0.772. The lowest BCUT2D eigenvalue weighted by atomic mass is 9.96. The van der Waals surface area contributed by atoms with Crippen LogP contribution in [-0.4, -0.2) is 41.5 Å². The van der Waals surface area contributed by atoms with E-state index in [1.807, 2.05) is 42.5 Å². The third-order valence-corrected chi connectivity index (χ3v) is 3.50. The molecule has 0 heterocycles. The lowest BCUT2D eigenvalue weighted by Crippen LogP contribution is -2.07. The van der Waals surface area contributed by atoms with E-state index in [2.05, 4.69) is 0 Å². The Bertz CT molecular complexity index is 613. The van der Waals surface area contributed by atoms with Crippen LogP contribution < -0.4 is 9.47 Å². The van der Waals surface area contributed by atoms with Crippen molar-refractivity contribution < 1.29 is 23.7 Å². The summed E-state index contributed by atoms with van der Waals surface area (Å²) in [4.78, 5) is 0. The SMILES string of the molecule is COCCc1ccc(OCOC)c(OCOC)c1-c1ccccc1. The summed E-state index contributed by atoms with van der Waals surface area (Å²) in [5.41, 5.74) is 3.16. The Kier molecular flexibility index (Phi) is 7.55. The number of benzene rings is 2. The molecule has 0 aliphatic carbocycles. The number of methoxy groups -OCH3 is 3. The zero-order chi connectivity index (χ0) is 17.2. The van der Waals surface area contributed by atoms with Gasteiger partial charge in [0.25, 0.3) is 0 Å². The van der Waals surface area contributed by atoms with Crippen LogP contribution in [0.15, 0.2) is 42.5 Å². The number of hydrogen-bond donors (Lipinski definition) is 0. The highest BCUT2D eigenvalue weighted by molar-refractivity contribution is 5.77. The first-order valence-electron chi connectivity index (χ1n) is 7.75. The van der Waals surface area contributed by atoms with E-state index >= 15 is 0 Å². The molecular weight excluding hydrogens is 308 g/mol. The van der Waals surface area contributed by atoms with E-state index < -0.39 is 0 Å². The van der Waals surface area contributed by atoms with E-state index in [1.54, 1.807) is 21.3 Å². The minimum atomic E-state index is 0.136. The molecule has 0 saturated carbocycles. The Morgan fingerprint density at radius 3 is 2.12 bits per heavy atom. The summed E-state index contributed by atoms with van der Waals surface area (Å²) in [6.45, 7) is 0.910. The Morgan fingerprint density at radius 1 is 0.750 bits per heavy atom. The predicted molar refractivity (Wildman–Crippen MR) is 92.5 cm³/mol. The molecule has 0 N–H and O–H groups in total. The van der Waals surface area contributed by atoms with Gasteiger partial charge in [-0.3, -0.25) is 0 Å². The maximum atomic E-state index is 5.85. The lowest BCUT2D eigenvalue weighted by molar-refractivity contribution is 0.0325. The Labute approximate surface area is 143 Å². The van der Waals surface area contributed by atoms with Crippen LogP contribution in [0.25, 0.3) is 11.1 Å². The lowest BCUT2D eigenvalue weighted by Gasteiger charge is -2.19. The van der Waals surface area contributed by atoms with Crippen LogP contribution in [0, 0.1) is 0 Å². The molecule has 0 atom stereocenters. The second-order valence-electron chi connectivity index (χ2n) is 5.14. The van der Waals surface area contributed by atoms with Crippen molar-refractivity contribution in [3.8, 4) is 22.6 Å². The van der Waals surface area contributed by atoms with Crippen molar-refractivity contribution in [1.29, 1.82) is 0 Å². The predicted octanol–water partition coefficient (Wildman–Crippen LogP) is 3.51. The van der Waals surface area contributed by atoms with Crippen molar-refractivity contribution in [2.24, 2.45) is 0 Å². The van der Waals surface area contributed by atoms with Crippen LogP contribution in [0.3, 0.4) is 0 Å². The smallest absolute Gasteiger partial charge is 0.188 e. The van der Waals surface area contributed by atoms with Gasteiger partial charge < -0.3 is 23.7 Å². The molecule has 0 fully saturated rings. The van der Waals surface area contributed by atoms with Crippen LogP contribution in [-0.2, 0) is 20.6 Å².